The summed E-state index contributed by atoms with van der Waals surface area (Å²) in [4.78, 5) is 4.45. The number of halogens is 1. The summed E-state index contributed by atoms with van der Waals surface area (Å²) in [5.41, 5.74) is 0. The third-order valence-electron chi connectivity index (χ3n) is 4.18. The molecule has 0 saturated heterocycles. The Morgan fingerprint density at radius 3 is 2.50 bits per heavy atom. The zero-order chi connectivity index (χ0) is 18.4. The van der Waals surface area contributed by atoms with Crippen LogP contribution in [0, 0.1) is 5.92 Å². The third kappa shape index (κ3) is 13.1. The van der Waals surface area contributed by atoms with Gasteiger partial charge in [-0.1, -0.05) is 19.8 Å². The van der Waals surface area contributed by atoms with E-state index in [0.29, 0.717) is 38.1 Å². The molecular formula is C17H37IN4O3S. The highest BCUT2D eigenvalue weighted by atomic mass is 127. The van der Waals surface area contributed by atoms with E-state index in [0.717, 1.165) is 45.3 Å². The van der Waals surface area contributed by atoms with E-state index in [1.54, 1.807) is 0 Å². The molecule has 0 aliphatic heterocycles. The fourth-order valence-electron chi connectivity index (χ4n) is 2.37. The van der Waals surface area contributed by atoms with Crippen molar-refractivity contribution in [3.8, 4) is 0 Å². The van der Waals surface area contributed by atoms with Gasteiger partial charge < -0.3 is 15.4 Å². The molecular weight excluding hydrogens is 467 g/mol. The first-order chi connectivity index (χ1) is 12.1. The molecule has 0 atom stereocenters. The summed E-state index contributed by atoms with van der Waals surface area (Å²) in [5, 5.41) is 6.21. The topological polar surface area (TPSA) is 91.8 Å². The molecule has 0 aromatic rings. The average molecular weight is 504 g/mol. The summed E-state index contributed by atoms with van der Waals surface area (Å²) in [6, 6.07) is 0. The largest absolute Gasteiger partial charge is 0.381 e. The average Bonchev–Trinajstić information content (AvgIpc) is 2.52. The number of aliphatic imine (C=N–C) groups is 1. The third-order valence-corrected chi connectivity index (χ3v) is 5.53. The number of ether oxygens (including phenoxy) is 1. The van der Waals surface area contributed by atoms with Gasteiger partial charge in [0.05, 0.1) is 5.75 Å². The number of hydrogen-bond donors (Lipinski definition) is 3. The van der Waals surface area contributed by atoms with Crippen molar-refractivity contribution in [3.05, 3.63) is 0 Å². The summed E-state index contributed by atoms with van der Waals surface area (Å²) in [6.45, 7) is 7.98. The Hall–Kier alpha value is -0.130. The molecule has 1 fully saturated rings. The van der Waals surface area contributed by atoms with Gasteiger partial charge in [-0.3, -0.25) is 4.99 Å². The van der Waals surface area contributed by atoms with Crippen LogP contribution in [0.3, 0.4) is 0 Å². The number of sulfonamides is 1. The minimum absolute atomic E-state index is 0. The first kappa shape index (κ1) is 25.9. The highest BCUT2D eigenvalue weighted by Gasteiger charge is 2.19. The van der Waals surface area contributed by atoms with Crippen LogP contribution in [0.5, 0.6) is 0 Å². The molecule has 9 heteroatoms. The fourth-order valence-corrected chi connectivity index (χ4v) is 3.37. The van der Waals surface area contributed by atoms with Crippen LogP contribution in [0.15, 0.2) is 4.99 Å². The quantitative estimate of drug-likeness (QED) is 0.146. The Labute approximate surface area is 176 Å². The molecule has 156 valence electrons. The Kier molecular flexibility index (Phi) is 15.8. The molecule has 0 amide bonds. The first-order valence-corrected chi connectivity index (χ1v) is 11.3. The number of nitrogens with one attached hydrogen (secondary N) is 3. The predicted molar refractivity (Wildman–Crippen MR) is 119 cm³/mol. The maximum atomic E-state index is 12.0. The number of guanidine groups is 1. The first-order valence-electron chi connectivity index (χ1n) is 9.64. The molecule has 0 aromatic carbocycles. The van der Waals surface area contributed by atoms with Gasteiger partial charge in [0.25, 0.3) is 0 Å². The standard InChI is InChI=1S/C17H36N4O3S.HI/c1-3-5-12-24-13-7-10-19-17(18-4-2)20-11-14-25(22,23)21-15-16-8-6-9-16;/h16,21H,3-15H2,1-2H3,(H2,18,19,20);1H. The number of hydrogen-bond acceptors (Lipinski definition) is 4. The lowest BCUT2D eigenvalue weighted by atomic mass is 9.86. The molecule has 1 rings (SSSR count). The maximum absolute atomic E-state index is 12.0. The lowest BCUT2D eigenvalue weighted by Crippen LogP contribution is -2.42. The molecule has 0 aromatic heterocycles. The van der Waals surface area contributed by atoms with Gasteiger partial charge in [0.2, 0.25) is 10.0 Å². The molecule has 0 bridgehead atoms. The van der Waals surface area contributed by atoms with Crippen molar-refractivity contribution >= 4 is 40.0 Å². The van der Waals surface area contributed by atoms with E-state index >= 15 is 0 Å². The van der Waals surface area contributed by atoms with Crippen molar-refractivity contribution in [1.82, 2.24) is 15.4 Å². The molecule has 0 radical (unpaired) electrons. The van der Waals surface area contributed by atoms with Crippen LogP contribution in [0.25, 0.3) is 0 Å². The molecule has 1 aliphatic carbocycles. The van der Waals surface area contributed by atoms with E-state index in [1.807, 2.05) is 6.92 Å². The Morgan fingerprint density at radius 1 is 1.15 bits per heavy atom. The summed E-state index contributed by atoms with van der Waals surface area (Å²) >= 11 is 0. The zero-order valence-electron chi connectivity index (χ0n) is 16.3. The van der Waals surface area contributed by atoms with Gasteiger partial charge in [0.1, 0.15) is 0 Å². The normalized spacial score (nSPS) is 15.2. The van der Waals surface area contributed by atoms with Crippen LogP contribution in [0.2, 0.25) is 0 Å². The van der Waals surface area contributed by atoms with Crippen molar-refractivity contribution in [2.45, 2.75) is 52.4 Å². The predicted octanol–water partition coefficient (Wildman–Crippen LogP) is 2.09. The molecule has 1 aliphatic rings. The zero-order valence-corrected chi connectivity index (χ0v) is 19.4. The van der Waals surface area contributed by atoms with Gasteiger partial charge in [-0.2, -0.15) is 0 Å². The molecule has 3 N–H and O–H groups in total. The van der Waals surface area contributed by atoms with Crippen molar-refractivity contribution in [2.24, 2.45) is 10.9 Å². The monoisotopic (exact) mass is 504 g/mol. The molecule has 1 saturated carbocycles. The lowest BCUT2D eigenvalue weighted by molar-refractivity contribution is 0.130. The number of unbranched alkanes of at least 4 members (excludes halogenated alkanes) is 1. The molecule has 7 nitrogen and oxygen atoms in total. The fraction of sp³-hybridized carbons (Fsp3) is 0.941. The van der Waals surface area contributed by atoms with Crippen LogP contribution >= 0.6 is 24.0 Å². The van der Waals surface area contributed by atoms with E-state index in [1.165, 1.54) is 6.42 Å². The molecule has 26 heavy (non-hydrogen) atoms. The van der Waals surface area contributed by atoms with Gasteiger partial charge >= 0.3 is 0 Å². The van der Waals surface area contributed by atoms with E-state index in [-0.39, 0.29) is 29.7 Å². The molecule has 0 spiro atoms. The molecule has 0 heterocycles. The van der Waals surface area contributed by atoms with Crippen LogP contribution in [-0.4, -0.2) is 59.5 Å². The van der Waals surface area contributed by atoms with E-state index in [4.69, 9.17) is 4.74 Å². The van der Waals surface area contributed by atoms with Crippen LogP contribution in [-0.2, 0) is 14.8 Å². The van der Waals surface area contributed by atoms with E-state index in [9.17, 15) is 8.42 Å². The van der Waals surface area contributed by atoms with Gasteiger partial charge in [-0.05, 0) is 38.5 Å². The van der Waals surface area contributed by atoms with Crippen LogP contribution in [0.1, 0.15) is 52.4 Å². The second-order valence-electron chi connectivity index (χ2n) is 6.47. The summed E-state index contributed by atoms with van der Waals surface area (Å²) < 4.78 is 32.1. The minimum Gasteiger partial charge on any atom is -0.381 e. The SMILES string of the molecule is CCCCOCCCN=C(NCC)NCCS(=O)(=O)NCC1CCC1.I. The maximum Gasteiger partial charge on any atom is 0.213 e. The second-order valence-corrected chi connectivity index (χ2v) is 8.40. The smallest absolute Gasteiger partial charge is 0.213 e. The van der Waals surface area contributed by atoms with Crippen LogP contribution in [0.4, 0.5) is 0 Å². The highest BCUT2D eigenvalue weighted by Crippen LogP contribution is 2.25. The van der Waals surface area contributed by atoms with E-state index in [2.05, 4.69) is 27.3 Å². The Morgan fingerprint density at radius 2 is 1.88 bits per heavy atom. The summed E-state index contributed by atoms with van der Waals surface area (Å²) in [7, 11) is -3.22. The van der Waals surface area contributed by atoms with Crippen molar-refractivity contribution in [2.75, 3.05) is 45.1 Å². The van der Waals surface area contributed by atoms with Gasteiger partial charge in [-0.15, -0.1) is 24.0 Å². The highest BCUT2D eigenvalue weighted by molar-refractivity contribution is 14.0. The van der Waals surface area contributed by atoms with Crippen molar-refractivity contribution in [1.29, 1.82) is 0 Å². The van der Waals surface area contributed by atoms with Crippen molar-refractivity contribution in [3.63, 3.8) is 0 Å². The van der Waals surface area contributed by atoms with Gasteiger partial charge in [0.15, 0.2) is 5.96 Å². The van der Waals surface area contributed by atoms with E-state index < -0.39 is 10.0 Å². The van der Waals surface area contributed by atoms with Crippen LogP contribution < -0.4 is 15.4 Å². The molecule has 0 unspecified atom stereocenters. The number of nitrogens with zero attached hydrogens (tertiary/aromatic N) is 1. The van der Waals surface area contributed by atoms with Gasteiger partial charge in [-0.25, -0.2) is 13.1 Å². The lowest BCUT2D eigenvalue weighted by Gasteiger charge is -2.25. The minimum atomic E-state index is -3.22. The number of rotatable bonds is 14. The summed E-state index contributed by atoms with van der Waals surface area (Å²) in [5.74, 6) is 1.25. The van der Waals surface area contributed by atoms with Gasteiger partial charge in [0, 0.05) is 39.4 Å². The van der Waals surface area contributed by atoms with Crippen molar-refractivity contribution < 1.29 is 13.2 Å². The Bertz CT molecular complexity index is 471. The second kappa shape index (κ2) is 15.9. The Balaban J connectivity index is 0.00000625. The summed E-state index contributed by atoms with van der Waals surface area (Å²) in [6.07, 6.45) is 6.60.